The zero-order chi connectivity index (χ0) is 14.3. The Morgan fingerprint density at radius 3 is 2.75 bits per heavy atom. The zero-order valence-corrected chi connectivity index (χ0v) is 12.6. The highest BCUT2D eigenvalue weighted by atomic mass is 79.9. The molecule has 2 heterocycles. The third-order valence-electron chi connectivity index (χ3n) is 3.24. The van der Waals surface area contributed by atoms with Crippen molar-refractivity contribution in [3.05, 3.63) is 52.5 Å². The number of carbonyl (C=O) groups is 1. The number of ether oxygens (including phenoxy) is 1. The zero-order valence-electron chi connectivity index (χ0n) is 11.0. The predicted molar refractivity (Wildman–Crippen MR) is 79.3 cm³/mol. The molecule has 0 amide bonds. The van der Waals surface area contributed by atoms with E-state index in [1.54, 1.807) is 25.4 Å². The summed E-state index contributed by atoms with van der Waals surface area (Å²) in [5.41, 5.74) is 1.51. The van der Waals surface area contributed by atoms with Gasteiger partial charge in [-0.15, -0.1) is 0 Å². The van der Waals surface area contributed by atoms with Crippen molar-refractivity contribution in [2.24, 2.45) is 7.05 Å². The maximum Gasteiger partial charge on any atom is 0.230 e. The fraction of sp³-hybridized carbons (Fsp3) is 0.133. The van der Waals surface area contributed by atoms with Gasteiger partial charge in [0.15, 0.2) is 10.4 Å². The van der Waals surface area contributed by atoms with E-state index in [1.807, 2.05) is 29.8 Å². The Morgan fingerprint density at radius 1 is 1.30 bits per heavy atom. The van der Waals surface area contributed by atoms with Gasteiger partial charge in [-0.2, -0.15) is 0 Å². The van der Waals surface area contributed by atoms with E-state index in [0.717, 1.165) is 10.9 Å². The summed E-state index contributed by atoms with van der Waals surface area (Å²) >= 11 is 3.21. The second-order valence-electron chi connectivity index (χ2n) is 4.44. The second-order valence-corrected chi connectivity index (χ2v) is 5.22. The molecule has 3 aromatic rings. The van der Waals surface area contributed by atoms with Crippen molar-refractivity contribution in [2.45, 2.75) is 0 Å². The minimum absolute atomic E-state index is 0.161. The fourth-order valence-electron chi connectivity index (χ4n) is 2.32. The first-order valence-electron chi connectivity index (χ1n) is 6.04. The third-order valence-corrected chi connectivity index (χ3v) is 3.66. The van der Waals surface area contributed by atoms with E-state index < -0.39 is 0 Å². The topological polar surface area (TPSA) is 44.4 Å². The highest BCUT2D eigenvalue weighted by molar-refractivity contribution is 9.10. The summed E-state index contributed by atoms with van der Waals surface area (Å²) in [5, 5.41) is 0.801. The molecule has 0 atom stereocenters. The molecule has 0 aliphatic carbocycles. The van der Waals surface area contributed by atoms with Crippen LogP contribution in [0, 0.1) is 0 Å². The summed E-state index contributed by atoms with van der Waals surface area (Å²) in [6.45, 7) is 0. The Bertz CT molecular complexity index is 801. The maximum atomic E-state index is 12.6. The van der Waals surface area contributed by atoms with Crippen molar-refractivity contribution >= 4 is 32.6 Å². The van der Waals surface area contributed by atoms with Crippen molar-refractivity contribution in [1.29, 1.82) is 0 Å². The number of ketones is 1. The van der Waals surface area contributed by atoms with Gasteiger partial charge in [0.1, 0.15) is 5.75 Å². The molecular formula is C15H12BrNO3. The average Bonchev–Trinajstić information content (AvgIpc) is 3.02. The monoisotopic (exact) mass is 333 g/mol. The van der Waals surface area contributed by atoms with Gasteiger partial charge in [-0.1, -0.05) is 6.07 Å². The number of hydrogen-bond donors (Lipinski definition) is 0. The summed E-state index contributed by atoms with van der Waals surface area (Å²) in [4.78, 5) is 12.6. The van der Waals surface area contributed by atoms with Gasteiger partial charge in [-0.3, -0.25) is 4.79 Å². The van der Waals surface area contributed by atoms with Gasteiger partial charge in [0.2, 0.25) is 5.78 Å². The summed E-state index contributed by atoms with van der Waals surface area (Å²) in [5.74, 6) is 0.818. The van der Waals surface area contributed by atoms with E-state index in [4.69, 9.17) is 9.15 Å². The van der Waals surface area contributed by atoms with Crippen molar-refractivity contribution in [1.82, 2.24) is 4.57 Å². The molecule has 0 aliphatic rings. The van der Waals surface area contributed by atoms with Crippen LogP contribution in [0.3, 0.4) is 0 Å². The van der Waals surface area contributed by atoms with Crippen LogP contribution in [0.5, 0.6) is 5.75 Å². The fourth-order valence-corrected chi connectivity index (χ4v) is 2.63. The smallest absolute Gasteiger partial charge is 0.230 e. The first kappa shape index (κ1) is 13.0. The molecule has 0 spiro atoms. The van der Waals surface area contributed by atoms with E-state index in [0.29, 0.717) is 21.7 Å². The Hall–Kier alpha value is -2.01. The van der Waals surface area contributed by atoms with Crippen molar-refractivity contribution in [3.63, 3.8) is 0 Å². The van der Waals surface area contributed by atoms with E-state index in [1.165, 1.54) is 0 Å². The number of rotatable bonds is 3. The molecule has 102 valence electrons. The number of nitrogens with zero attached hydrogens (tertiary/aromatic N) is 1. The number of aromatic nitrogens is 1. The lowest BCUT2D eigenvalue weighted by atomic mass is 10.1. The SMILES string of the molecule is COc1cccc2c1c(C(=O)c1ccc(Br)o1)cn2C. The number of halogens is 1. The molecule has 0 saturated carbocycles. The lowest BCUT2D eigenvalue weighted by molar-refractivity contribution is 0.101. The van der Waals surface area contributed by atoms with E-state index in [2.05, 4.69) is 15.9 Å². The molecule has 0 bridgehead atoms. The molecule has 3 rings (SSSR count). The molecule has 0 aliphatic heterocycles. The Labute approximate surface area is 124 Å². The van der Waals surface area contributed by atoms with Gasteiger partial charge < -0.3 is 13.7 Å². The number of furan rings is 1. The van der Waals surface area contributed by atoms with Crippen molar-refractivity contribution < 1.29 is 13.9 Å². The van der Waals surface area contributed by atoms with Crippen LogP contribution in [-0.2, 0) is 7.05 Å². The minimum atomic E-state index is -0.161. The van der Waals surface area contributed by atoms with Crippen LogP contribution in [0.15, 0.2) is 45.6 Å². The number of fused-ring (bicyclic) bond motifs is 1. The number of aryl methyl sites for hydroxylation is 1. The third kappa shape index (κ3) is 1.94. The number of methoxy groups -OCH3 is 1. The lowest BCUT2D eigenvalue weighted by Gasteiger charge is -2.03. The summed E-state index contributed by atoms with van der Waals surface area (Å²) in [6, 6.07) is 9.05. The largest absolute Gasteiger partial charge is 0.496 e. The Kier molecular flexibility index (Phi) is 3.14. The van der Waals surface area contributed by atoms with Crippen LogP contribution in [0.4, 0.5) is 0 Å². The lowest BCUT2D eigenvalue weighted by Crippen LogP contribution is -1.99. The molecule has 0 radical (unpaired) electrons. The van der Waals surface area contributed by atoms with E-state index in [-0.39, 0.29) is 5.78 Å². The highest BCUT2D eigenvalue weighted by Crippen LogP contribution is 2.32. The van der Waals surface area contributed by atoms with Gasteiger partial charge in [-0.05, 0) is 40.2 Å². The van der Waals surface area contributed by atoms with Gasteiger partial charge in [0.25, 0.3) is 0 Å². The van der Waals surface area contributed by atoms with Crippen LogP contribution in [0.2, 0.25) is 0 Å². The summed E-state index contributed by atoms with van der Waals surface area (Å²) in [6.07, 6.45) is 1.80. The summed E-state index contributed by atoms with van der Waals surface area (Å²) in [7, 11) is 3.50. The van der Waals surface area contributed by atoms with Crippen molar-refractivity contribution in [3.8, 4) is 5.75 Å². The standard InChI is InChI=1S/C15H12BrNO3/c1-17-8-9(15(18)12-6-7-13(16)20-12)14-10(17)4-3-5-11(14)19-2/h3-8H,1-2H3. The van der Waals surface area contributed by atoms with Crippen LogP contribution in [0.1, 0.15) is 16.1 Å². The molecule has 4 nitrogen and oxygen atoms in total. The van der Waals surface area contributed by atoms with E-state index in [9.17, 15) is 4.79 Å². The molecule has 20 heavy (non-hydrogen) atoms. The second kappa shape index (κ2) is 4.83. The first-order valence-corrected chi connectivity index (χ1v) is 6.83. The number of benzene rings is 1. The highest BCUT2D eigenvalue weighted by Gasteiger charge is 2.21. The van der Waals surface area contributed by atoms with Crippen LogP contribution in [0.25, 0.3) is 10.9 Å². The van der Waals surface area contributed by atoms with Crippen molar-refractivity contribution in [2.75, 3.05) is 7.11 Å². The molecule has 5 heteroatoms. The predicted octanol–water partition coefficient (Wildman–Crippen LogP) is 3.77. The quantitative estimate of drug-likeness (QED) is 0.685. The number of hydrogen-bond acceptors (Lipinski definition) is 3. The average molecular weight is 334 g/mol. The van der Waals surface area contributed by atoms with Gasteiger partial charge in [0, 0.05) is 13.2 Å². The number of carbonyl (C=O) groups excluding carboxylic acids is 1. The molecule has 0 fully saturated rings. The van der Waals surface area contributed by atoms with Gasteiger partial charge in [-0.25, -0.2) is 0 Å². The van der Waals surface area contributed by atoms with Crippen LogP contribution < -0.4 is 4.74 Å². The minimum Gasteiger partial charge on any atom is -0.496 e. The molecular weight excluding hydrogens is 322 g/mol. The Morgan fingerprint density at radius 2 is 2.10 bits per heavy atom. The molecule has 2 aromatic heterocycles. The van der Waals surface area contributed by atoms with Gasteiger partial charge in [0.05, 0.1) is 23.6 Å². The van der Waals surface area contributed by atoms with E-state index >= 15 is 0 Å². The molecule has 0 N–H and O–H groups in total. The van der Waals surface area contributed by atoms with Gasteiger partial charge >= 0.3 is 0 Å². The van der Waals surface area contributed by atoms with Crippen LogP contribution in [-0.4, -0.2) is 17.5 Å². The Balaban J connectivity index is 2.23. The molecule has 0 saturated heterocycles. The molecule has 1 aromatic carbocycles. The molecule has 0 unspecified atom stereocenters. The normalized spacial score (nSPS) is 10.9. The summed E-state index contributed by atoms with van der Waals surface area (Å²) < 4.78 is 13.2. The first-order chi connectivity index (χ1) is 9.61. The van der Waals surface area contributed by atoms with Crippen LogP contribution >= 0.6 is 15.9 Å². The maximum absolute atomic E-state index is 12.6.